The number of carbonyl (C=O) groups excluding carboxylic acids is 1. The van der Waals surface area contributed by atoms with Gasteiger partial charge in [0.15, 0.2) is 0 Å². The second-order valence-electron chi connectivity index (χ2n) is 8.91. The molecular formula is C26H19F6N7O3. The minimum absolute atomic E-state index is 0.00466. The molecule has 2 heterocycles. The number of nitrogens with zero attached hydrogens (tertiary/aromatic N) is 5. The normalized spacial score (nSPS) is 13.8. The quantitative estimate of drug-likeness (QED) is 0.248. The van der Waals surface area contributed by atoms with Crippen LogP contribution in [0.4, 0.5) is 32.3 Å². The van der Waals surface area contributed by atoms with E-state index < -0.39 is 30.1 Å². The van der Waals surface area contributed by atoms with Gasteiger partial charge >= 0.3 is 12.7 Å². The maximum atomic E-state index is 12.6. The Balaban J connectivity index is 1.44. The summed E-state index contributed by atoms with van der Waals surface area (Å²) in [6.07, 6.45) is -5.12. The number of amides is 1. The van der Waals surface area contributed by atoms with E-state index in [4.69, 9.17) is 0 Å². The fourth-order valence-electron chi connectivity index (χ4n) is 4.19. The molecule has 16 heteroatoms. The molecule has 2 aromatic heterocycles. The van der Waals surface area contributed by atoms with Crippen LogP contribution in [0.3, 0.4) is 0 Å². The summed E-state index contributed by atoms with van der Waals surface area (Å²) in [5.41, 5.74) is 3.05. The number of allylic oxidation sites excluding steroid dienone is 2. The first-order valence-corrected chi connectivity index (χ1v) is 12.2. The first-order chi connectivity index (χ1) is 19.9. The van der Waals surface area contributed by atoms with Crippen molar-refractivity contribution in [1.29, 1.82) is 0 Å². The maximum Gasteiger partial charge on any atom is 0.573 e. The third-order valence-electron chi connectivity index (χ3n) is 5.92. The molecule has 5 rings (SSSR count). The van der Waals surface area contributed by atoms with Crippen LogP contribution in [-0.4, -0.2) is 49.0 Å². The summed E-state index contributed by atoms with van der Waals surface area (Å²) in [5.74, 6) is -1.26. The number of aromatic amines is 1. The van der Waals surface area contributed by atoms with Gasteiger partial charge in [0.25, 0.3) is 11.9 Å². The number of hydrogen-bond donors (Lipinski definition) is 2. The molecule has 0 radical (unpaired) electrons. The summed E-state index contributed by atoms with van der Waals surface area (Å²) >= 11 is 0. The molecule has 218 valence electrons. The summed E-state index contributed by atoms with van der Waals surface area (Å²) in [7, 11) is 0. The van der Waals surface area contributed by atoms with Crippen LogP contribution in [0.2, 0.25) is 0 Å². The average Bonchev–Trinajstić information content (AvgIpc) is 3.58. The van der Waals surface area contributed by atoms with Crippen molar-refractivity contribution >= 4 is 11.9 Å². The van der Waals surface area contributed by atoms with Gasteiger partial charge in [-0.2, -0.15) is 10.3 Å². The van der Waals surface area contributed by atoms with Gasteiger partial charge in [0.1, 0.15) is 11.5 Å². The Bertz CT molecular complexity index is 1610. The number of aromatic nitrogens is 6. The molecular weight excluding hydrogens is 572 g/mol. The zero-order valence-electron chi connectivity index (χ0n) is 21.2. The lowest BCUT2D eigenvalue weighted by molar-refractivity contribution is -0.275. The molecule has 0 spiro atoms. The minimum Gasteiger partial charge on any atom is -0.406 e. The molecule has 0 unspecified atom stereocenters. The van der Waals surface area contributed by atoms with Crippen LogP contribution in [0.15, 0.2) is 77.9 Å². The smallest absolute Gasteiger partial charge is 0.406 e. The van der Waals surface area contributed by atoms with Gasteiger partial charge in [-0.3, -0.25) is 14.8 Å². The van der Waals surface area contributed by atoms with Crippen LogP contribution in [0.1, 0.15) is 12.8 Å². The number of ether oxygens (including phenoxy) is 2. The molecule has 4 aromatic rings. The molecule has 10 nitrogen and oxygen atoms in total. The Labute approximate surface area is 232 Å². The monoisotopic (exact) mass is 591 g/mol. The van der Waals surface area contributed by atoms with Crippen molar-refractivity contribution in [2.24, 2.45) is 0 Å². The summed E-state index contributed by atoms with van der Waals surface area (Å²) in [6.45, 7) is 0.207. The summed E-state index contributed by atoms with van der Waals surface area (Å²) in [4.78, 5) is 12.6. The van der Waals surface area contributed by atoms with E-state index in [9.17, 15) is 31.1 Å². The number of halogens is 6. The molecule has 0 aliphatic heterocycles. The van der Waals surface area contributed by atoms with Crippen molar-refractivity contribution in [3.8, 4) is 34.0 Å². The van der Waals surface area contributed by atoms with Crippen molar-refractivity contribution in [3.05, 3.63) is 77.9 Å². The standard InChI is InChI=1S/C26H19F6N7O3/c27-25(28,29)41-19-8-4-16(5-9-19)21-13-22(17-6-10-20(11-7-17)42-26(30,31)32)39(36-21)14-15-2-1-3-18(12-15)23(40)33-24-34-37-38-35-24/h3-13H,1-2,14H2,(H2,33,34,35,37,38,40). The number of carbonyl (C=O) groups is 1. The number of H-pyrrole nitrogens is 1. The predicted octanol–water partition coefficient (Wildman–Crippen LogP) is 5.81. The van der Waals surface area contributed by atoms with Gasteiger partial charge in [-0.25, -0.2) is 0 Å². The van der Waals surface area contributed by atoms with Crippen LogP contribution >= 0.6 is 0 Å². The summed E-state index contributed by atoms with van der Waals surface area (Å²) < 4.78 is 85.1. The van der Waals surface area contributed by atoms with Crippen LogP contribution < -0.4 is 14.8 Å². The lowest BCUT2D eigenvalue weighted by Gasteiger charge is -2.15. The highest BCUT2D eigenvalue weighted by Gasteiger charge is 2.32. The van der Waals surface area contributed by atoms with Crippen molar-refractivity contribution in [1.82, 2.24) is 30.4 Å². The van der Waals surface area contributed by atoms with Gasteiger partial charge in [0.05, 0.1) is 17.9 Å². The molecule has 2 N–H and O–H groups in total. The topological polar surface area (TPSA) is 120 Å². The van der Waals surface area contributed by atoms with Crippen molar-refractivity contribution in [2.45, 2.75) is 32.1 Å². The number of rotatable bonds is 8. The Morgan fingerprint density at radius 2 is 1.55 bits per heavy atom. The van der Waals surface area contributed by atoms with Crippen molar-refractivity contribution in [2.75, 3.05) is 5.32 Å². The number of tetrazole rings is 1. The van der Waals surface area contributed by atoms with E-state index in [2.05, 4.69) is 40.5 Å². The van der Waals surface area contributed by atoms with Crippen molar-refractivity contribution in [3.63, 3.8) is 0 Å². The van der Waals surface area contributed by atoms with Gasteiger partial charge in [0.2, 0.25) is 0 Å². The minimum atomic E-state index is -4.85. The van der Waals surface area contributed by atoms with Crippen LogP contribution in [0.25, 0.3) is 22.5 Å². The summed E-state index contributed by atoms with van der Waals surface area (Å²) in [5, 5.41) is 20.1. The first-order valence-electron chi connectivity index (χ1n) is 12.2. The van der Waals surface area contributed by atoms with Crippen molar-refractivity contribution < 1.29 is 40.6 Å². The second-order valence-corrected chi connectivity index (χ2v) is 8.91. The third-order valence-corrected chi connectivity index (χ3v) is 5.92. The Morgan fingerprint density at radius 3 is 2.12 bits per heavy atom. The van der Waals surface area contributed by atoms with Gasteiger partial charge in [-0.1, -0.05) is 11.2 Å². The van der Waals surface area contributed by atoms with E-state index in [0.717, 1.165) is 29.8 Å². The van der Waals surface area contributed by atoms with E-state index in [1.54, 1.807) is 22.9 Å². The fourth-order valence-corrected chi connectivity index (χ4v) is 4.19. The van der Waals surface area contributed by atoms with E-state index in [1.165, 1.54) is 24.3 Å². The number of anilines is 1. The largest absolute Gasteiger partial charge is 0.573 e. The molecule has 42 heavy (non-hydrogen) atoms. The van der Waals surface area contributed by atoms with Gasteiger partial charge in [-0.15, -0.1) is 31.4 Å². The molecule has 0 fully saturated rings. The van der Waals surface area contributed by atoms with Gasteiger partial charge in [-0.05, 0) is 84.3 Å². The predicted molar refractivity (Wildman–Crippen MR) is 135 cm³/mol. The summed E-state index contributed by atoms with van der Waals surface area (Å²) in [6, 6.07) is 11.9. The lowest BCUT2D eigenvalue weighted by Crippen LogP contribution is -2.17. The molecule has 0 saturated heterocycles. The zero-order chi connectivity index (χ0) is 29.9. The van der Waals surface area contributed by atoms with Gasteiger partial charge in [0, 0.05) is 16.7 Å². The number of benzene rings is 2. The third kappa shape index (κ3) is 7.32. The molecule has 2 aromatic carbocycles. The number of hydrogen-bond acceptors (Lipinski definition) is 7. The highest BCUT2D eigenvalue weighted by Crippen LogP contribution is 2.32. The second kappa shape index (κ2) is 11.4. The maximum absolute atomic E-state index is 12.6. The molecule has 1 amide bonds. The van der Waals surface area contributed by atoms with E-state index in [0.29, 0.717) is 40.9 Å². The molecule has 0 saturated carbocycles. The van der Waals surface area contributed by atoms with Crippen LogP contribution in [-0.2, 0) is 11.3 Å². The SMILES string of the molecule is O=C(Nc1nn[nH]n1)C1=CCCC(Cn2nc(-c3ccc(OC(F)(F)F)cc3)cc2-c2ccc(OC(F)(F)F)cc2)=C1. The Morgan fingerprint density at radius 1 is 0.929 bits per heavy atom. The lowest BCUT2D eigenvalue weighted by atomic mass is 9.98. The highest BCUT2D eigenvalue weighted by molar-refractivity contribution is 6.05. The van der Waals surface area contributed by atoms with E-state index in [1.807, 2.05) is 0 Å². The molecule has 0 atom stereocenters. The molecule has 1 aliphatic carbocycles. The van der Waals surface area contributed by atoms with Crippen LogP contribution in [0.5, 0.6) is 11.5 Å². The Hall–Kier alpha value is -5.15. The van der Waals surface area contributed by atoms with Crippen LogP contribution in [0, 0.1) is 0 Å². The van der Waals surface area contributed by atoms with E-state index >= 15 is 0 Å². The van der Waals surface area contributed by atoms with Gasteiger partial charge < -0.3 is 9.47 Å². The first kappa shape index (κ1) is 28.4. The Kier molecular flexibility index (Phi) is 7.69. The molecule has 1 aliphatic rings. The molecule has 0 bridgehead atoms. The number of alkyl halides is 6. The number of nitrogens with one attached hydrogen (secondary N) is 2. The zero-order valence-corrected chi connectivity index (χ0v) is 21.2. The highest BCUT2D eigenvalue weighted by atomic mass is 19.4. The van der Waals surface area contributed by atoms with E-state index in [-0.39, 0.29) is 12.5 Å². The average molecular weight is 591 g/mol. The fraction of sp³-hybridized carbons (Fsp3) is 0.192.